The summed E-state index contributed by atoms with van der Waals surface area (Å²) in [7, 11) is 1.61. The smallest absolute Gasteiger partial charge is 0.309 e. The molecule has 0 unspecified atom stereocenters. The molecule has 2 aromatic rings. The van der Waals surface area contributed by atoms with E-state index in [2.05, 4.69) is 18.7 Å². The zero-order valence-corrected chi connectivity index (χ0v) is 21.4. The molecule has 2 heterocycles. The van der Waals surface area contributed by atoms with Crippen molar-refractivity contribution in [1.29, 1.82) is 0 Å². The standard InChI is InChI=1S/C29H37NO6/c1-4-6-19(7-5-2)14-22(31)16-30-17-24(21-10-13-25-26(15-21)36-18-35-25)27(29(32)33)28(30)20-8-11-23(34-3)12-9-20/h8-13,15,19,24,27-28H,4-7,14,16-18H2,1-3H3,(H,32,33)/t24-,27-,28+/m0/s1. The molecule has 194 valence electrons. The summed E-state index contributed by atoms with van der Waals surface area (Å²) < 4.78 is 16.3. The molecule has 0 aromatic heterocycles. The molecular formula is C29H37NO6. The van der Waals surface area contributed by atoms with Gasteiger partial charge in [0.1, 0.15) is 11.5 Å². The van der Waals surface area contributed by atoms with Gasteiger partial charge < -0.3 is 19.3 Å². The fraction of sp³-hybridized carbons (Fsp3) is 0.517. The molecule has 2 aliphatic rings. The predicted octanol–water partition coefficient (Wildman–Crippen LogP) is 5.44. The van der Waals surface area contributed by atoms with Crippen LogP contribution in [-0.2, 0) is 9.59 Å². The molecule has 0 saturated carbocycles. The Labute approximate surface area is 213 Å². The summed E-state index contributed by atoms with van der Waals surface area (Å²) in [6.45, 7) is 5.19. The lowest BCUT2D eigenvalue weighted by atomic mass is 9.82. The second-order valence-corrected chi connectivity index (χ2v) is 9.92. The number of ether oxygens (including phenoxy) is 3. The van der Waals surface area contributed by atoms with E-state index >= 15 is 0 Å². The van der Waals surface area contributed by atoms with Crippen LogP contribution in [-0.4, -0.2) is 48.8 Å². The molecule has 7 nitrogen and oxygen atoms in total. The van der Waals surface area contributed by atoms with Gasteiger partial charge in [-0.15, -0.1) is 0 Å². The molecule has 4 rings (SSSR count). The first-order valence-corrected chi connectivity index (χ1v) is 13.0. The third-order valence-electron chi connectivity index (χ3n) is 7.46. The van der Waals surface area contributed by atoms with Crippen LogP contribution in [0.4, 0.5) is 0 Å². The number of nitrogens with zero attached hydrogens (tertiary/aromatic N) is 1. The zero-order chi connectivity index (χ0) is 25.7. The van der Waals surface area contributed by atoms with Crippen molar-refractivity contribution in [2.45, 2.75) is 57.9 Å². The molecule has 2 aromatic carbocycles. The minimum Gasteiger partial charge on any atom is -0.497 e. The number of hydrogen-bond acceptors (Lipinski definition) is 6. The molecule has 0 amide bonds. The number of likely N-dealkylation sites (tertiary alicyclic amines) is 1. The Hall–Kier alpha value is -3.06. The number of carboxylic acids is 1. The molecule has 1 saturated heterocycles. The van der Waals surface area contributed by atoms with E-state index in [1.807, 2.05) is 42.5 Å². The summed E-state index contributed by atoms with van der Waals surface area (Å²) in [6, 6.07) is 12.7. The highest BCUT2D eigenvalue weighted by Gasteiger charge is 2.48. The normalized spacial score (nSPS) is 21.2. The number of carboxylic acid groups (broad SMARTS) is 1. The summed E-state index contributed by atoms with van der Waals surface area (Å²) in [5.41, 5.74) is 1.76. The zero-order valence-electron chi connectivity index (χ0n) is 21.4. The first-order chi connectivity index (χ1) is 17.4. The molecule has 0 bridgehead atoms. The Morgan fingerprint density at radius 1 is 1.03 bits per heavy atom. The quantitative estimate of drug-likeness (QED) is 0.420. The minimum absolute atomic E-state index is 0.164. The molecule has 0 spiro atoms. The fourth-order valence-corrected chi connectivity index (χ4v) is 5.85. The Morgan fingerprint density at radius 3 is 2.33 bits per heavy atom. The van der Waals surface area contributed by atoms with Gasteiger partial charge in [0.2, 0.25) is 6.79 Å². The molecule has 0 aliphatic carbocycles. The van der Waals surface area contributed by atoms with Crippen molar-refractivity contribution < 1.29 is 28.9 Å². The maximum atomic E-state index is 13.3. The van der Waals surface area contributed by atoms with Crippen LogP contribution in [0.1, 0.15) is 69.0 Å². The lowest BCUT2D eigenvalue weighted by Crippen LogP contribution is -2.33. The highest BCUT2D eigenvalue weighted by molar-refractivity contribution is 5.81. The maximum absolute atomic E-state index is 13.3. The van der Waals surface area contributed by atoms with E-state index < -0.39 is 17.9 Å². The van der Waals surface area contributed by atoms with Crippen molar-refractivity contribution in [2.24, 2.45) is 11.8 Å². The summed E-state index contributed by atoms with van der Waals surface area (Å²) >= 11 is 0. The Morgan fingerprint density at radius 2 is 1.69 bits per heavy atom. The van der Waals surface area contributed by atoms with Crippen LogP contribution in [0.2, 0.25) is 0 Å². The second-order valence-electron chi connectivity index (χ2n) is 9.92. The van der Waals surface area contributed by atoms with Gasteiger partial charge >= 0.3 is 5.97 Å². The van der Waals surface area contributed by atoms with E-state index in [4.69, 9.17) is 14.2 Å². The predicted molar refractivity (Wildman–Crippen MR) is 137 cm³/mol. The number of fused-ring (bicyclic) bond motifs is 1. The number of Topliss-reactive ketones (excluding diaryl/α,β-unsaturated/α-hetero) is 1. The Kier molecular flexibility index (Phi) is 8.52. The summed E-state index contributed by atoms with van der Waals surface area (Å²) in [4.78, 5) is 28.0. The van der Waals surface area contributed by atoms with Gasteiger partial charge in [0, 0.05) is 24.9 Å². The second kappa shape index (κ2) is 11.8. The lowest BCUT2D eigenvalue weighted by molar-refractivity contribution is -0.143. The van der Waals surface area contributed by atoms with Crippen LogP contribution in [0, 0.1) is 11.8 Å². The average Bonchev–Trinajstić information content (AvgIpc) is 3.48. The van der Waals surface area contributed by atoms with Crippen LogP contribution in [0.3, 0.4) is 0 Å². The number of carbonyl (C=O) groups is 2. The first-order valence-electron chi connectivity index (χ1n) is 13.0. The molecular weight excluding hydrogens is 458 g/mol. The van der Waals surface area contributed by atoms with Crippen molar-refractivity contribution in [3.8, 4) is 17.2 Å². The molecule has 1 fully saturated rings. The number of ketones is 1. The number of hydrogen-bond donors (Lipinski definition) is 1. The number of carbonyl (C=O) groups excluding carboxylic acids is 1. The van der Waals surface area contributed by atoms with E-state index in [0.29, 0.717) is 36.1 Å². The van der Waals surface area contributed by atoms with Crippen LogP contribution >= 0.6 is 0 Å². The number of benzene rings is 2. The van der Waals surface area contributed by atoms with E-state index in [1.165, 1.54) is 0 Å². The van der Waals surface area contributed by atoms with Gasteiger partial charge in [-0.05, 0) is 41.3 Å². The van der Waals surface area contributed by atoms with Gasteiger partial charge in [0.25, 0.3) is 0 Å². The van der Waals surface area contributed by atoms with E-state index in [0.717, 1.165) is 36.8 Å². The first kappa shape index (κ1) is 26.0. The Balaban J connectivity index is 1.65. The van der Waals surface area contributed by atoms with Crippen LogP contribution in [0.15, 0.2) is 42.5 Å². The van der Waals surface area contributed by atoms with Gasteiger partial charge in [-0.1, -0.05) is 57.7 Å². The highest BCUT2D eigenvalue weighted by atomic mass is 16.7. The number of rotatable bonds is 12. The monoisotopic (exact) mass is 495 g/mol. The summed E-state index contributed by atoms with van der Waals surface area (Å²) in [6.07, 6.45) is 4.74. The molecule has 0 radical (unpaired) electrons. The van der Waals surface area contributed by atoms with E-state index in [1.54, 1.807) is 7.11 Å². The number of methoxy groups -OCH3 is 1. The van der Waals surface area contributed by atoms with Crippen molar-refractivity contribution >= 4 is 11.8 Å². The van der Waals surface area contributed by atoms with Gasteiger partial charge in [-0.25, -0.2) is 0 Å². The minimum atomic E-state index is -0.872. The third-order valence-corrected chi connectivity index (χ3v) is 7.46. The van der Waals surface area contributed by atoms with Gasteiger partial charge in [-0.3, -0.25) is 14.5 Å². The van der Waals surface area contributed by atoms with Crippen molar-refractivity contribution in [1.82, 2.24) is 4.90 Å². The largest absolute Gasteiger partial charge is 0.497 e. The topological polar surface area (TPSA) is 85.3 Å². The molecule has 1 N–H and O–H groups in total. The summed E-state index contributed by atoms with van der Waals surface area (Å²) in [5.74, 6) is 0.691. The van der Waals surface area contributed by atoms with Crippen molar-refractivity contribution in [3.63, 3.8) is 0 Å². The highest BCUT2D eigenvalue weighted by Crippen LogP contribution is 2.47. The molecule has 3 atom stereocenters. The van der Waals surface area contributed by atoms with E-state index in [-0.39, 0.29) is 25.0 Å². The van der Waals surface area contributed by atoms with Crippen LogP contribution in [0.5, 0.6) is 17.2 Å². The third kappa shape index (κ3) is 5.67. The van der Waals surface area contributed by atoms with Crippen LogP contribution < -0.4 is 14.2 Å². The van der Waals surface area contributed by atoms with Crippen LogP contribution in [0.25, 0.3) is 0 Å². The van der Waals surface area contributed by atoms with Crippen molar-refractivity contribution in [3.05, 3.63) is 53.6 Å². The maximum Gasteiger partial charge on any atom is 0.309 e. The molecule has 2 aliphatic heterocycles. The van der Waals surface area contributed by atoms with Gasteiger partial charge in [-0.2, -0.15) is 0 Å². The van der Waals surface area contributed by atoms with Crippen molar-refractivity contribution in [2.75, 3.05) is 27.0 Å². The molecule has 36 heavy (non-hydrogen) atoms. The average molecular weight is 496 g/mol. The van der Waals surface area contributed by atoms with E-state index in [9.17, 15) is 14.7 Å². The lowest BCUT2D eigenvalue weighted by Gasteiger charge is -2.27. The number of aliphatic carboxylic acids is 1. The van der Waals surface area contributed by atoms with Gasteiger partial charge in [0.15, 0.2) is 11.5 Å². The molecule has 7 heteroatoms. The summed E-state index contributed by atoms with van der Waals surface area (Å²) in [5, 5.41) is 10.4. The Bertz CT molecular complexity index is 1050. The fourth-order valence-electron chi connectivity index (χ4n) is 5.85. The van der Waals surface area contributed by atoms with Gasteiger partial charge in [0.05, 0.1) is 19.6 Å². The SMILES string of the molecule is CCCC(CCC)CC(=O)CN1C[C@@H](c2ccc3c(c2)OCO3)[C@H](C(=O)O)[C@H]1c1ccc(OC)cc1.